The predicted octanol–water partition coefficient (Wildman–Crippen LogP) is 4.88. The molecule has 6 nitrogen and oxygen atoms in total. The molecule has 1 saturated heterocycles. The topological polar surface area (TPSA) is 89.9 Å². The van der Waals surface area contributed by atoms with E-state index in [0.717, 1.165) is 18.4 Å². The van der Waals surface area contributed by atoms with Crippen molar-refractivity contribution in [3.05, 3.63) is 35.4 Å². The Hall–Kier alpha value is -2.63. The van der Waals surface area contributed by atoms with Gasteiger partial charge in [0.1, 0.15) is 23.0 Å². The van der Waals surface area contributed by atoms with Crippen LogP contribution in [0.3, 0.4) is 0 Å². The van der Waals surface area contributed by atoms with Gasteiger partial charge in [-0.25, -0.2) is 0 Å². The quantitative estimate of drug-likeness (QED) is 0.246. The number of phenolic OH excluding ortho intramolecular Hbond substituents is 1. The number of esters is 1. The van der Waals surface area contributed by atoms with Crippen LogP contribution >= 0.6 is 0 Å². The smallest absolute Gasteiger partial charge is 0.317 e. The van der Waals surface area contributed by atoms with Crippen molar-refractivity contribution < 1.29 is 29.0 Å². The number of cyclic esters (lactones) is 1. The summed E-state index contributed by atoms with van der Waals surface area (Å²) >= 11 is 0. The van der Waals surface area contributed by atoms with Gasteiger partial charge < -0.3 is 14.6 Å². The molecule has 1 fully saturated rings. The molecule has 2 rings (SSSR count). The Morgan fingerprint density at radius 2 is 2.00 bits per heavy atom. The van der Waals surface area contributed by atoms with Crippen LogP contribution in [-0.2, 0) is 14.3 Å². The maximum absolute atomic E-state index is 13.0. The standard InChI is InChI=1S/C25H34O6/c1-15(2)12-18(26)13-16(3)8-7-11-25(5)17(4)22(24(29)31-25)23(28)20-10-9-19(30-6)14-21(20)27/h9-10,13-15,17,22,27H,7-8,11-12H2,1-6H3/b16-13+/t17-,22+,25-/m0/s1. The van der Waals surface area contributed by atoms with Gasteiger partial charge in [-0.3, -0.25) is 14.4 Å². The van der Waals surface area contributed by atoms with E-state index < -0.39 is 23.3 Å². The fraction of sp³-hybridized carbons (Fsp3) is 0.560. The van der Waals surface area contributed by atoms with Gasteiger partial charge in [0.25, 0.3) is 0 Å². The third-order valence-electron chi connectivity index (χ3n) is 6.06. The molecule has 1 aromatic carbocycles. The number of allylic oxidation sites excluding steroid dienone is 2. The van der Waals surface area contributed by atoms with Gasteiger partial charge in [-0.1, -0.05) is 26.3 Å². The minimum Gasteiger partial charge on any atom is -0.507 e. The lowest BCUT2D eigenvalue weighted by molar-refractivity contribution is -0.149. The van der Waals surface area contributed by atoms with E-state index in [1.54, 1.807) is 12.1 Å². The summed E-state index contributed by atoms with van der Waals surface area (Å²) in [5.74, 6) is -1.65. The Balaban J connectivity index is 2.04. The predicted molar refractivity (Wildman–Crippen MR) is 118 cm³/mol. The highest BCUT2D eigenvalue weighted by molar-refractivity contribution is 6.11. The van der Waals surface area contributed by atoms with Crippen molar-refractivity contribution in [2.75, 3.05) is 7.11 Å². The van der Waals surface area contributed by atoms with Gasteiger partial charge in [0.05, 0.1) is 12.7 Å². The summed E-state index contributed by atoms with van der Waals surface area (Å²) in [4.78, 5) is 37.6. The second kappa shape index (κ2) is 10.1. The summed E-state index contributed by atoms with van der Waals surface area (Å²) in [5.41, 5.74) is 0.310. The number of phenols is 1. The number of benzene rings is 1. The van der Waals surface area contributed by atoms with Crippen molar-refractivity contribution in [1.29, 1.82) is 0 Å². The average Bonchev–Trinajstić information content (AvgIpc) is 2.88. The number of ether oxygens (including phenoxy) is 2. The Bertz CT molecular complexity index is 869. The number of rotatable bonds is 10. The van der Waals surface area contributed by atoms with E-state index in [-0.39, 0.29) is 23.0 Å². The molecule has 0 aromatic heterocycles. The summed E-state index contributed by atoms with van der Waals surface area (Å²) in [6.07, 6.45) is 4.28. The SMILES string of the molecule is COc1ccc(C(=O)[C@@H]2C(=O)O[C@@](C)(CCC/C(C)=C/C(=O)CC(C)C)[C@H]2C)c(O)c1. The number of methoxy groups -OCH3 is 1. The zero-order chi connectivity index (χ0) is 23.3. The zero-order valence-corrected chi connectivity index (χ0v) is 19.4. The number of carbonyl (C=O) groups excluding carboxylic acids is 3. The highest BCUT2D eigenvalue weighted by Crippen LogP contribution is 2.43. The minimum atomic E-state index is -0.964. The molecule has 0 unspecified atom stereocenters. The molecule has 0 aliphatic carbocycles. The third kappa shape index (κ3) is 5.96. The molecule has 1 N–H and O–H groups in total. The van der Waals surface area contributed by atoms with Crippen molar-refractivity contribution in [2.24, 2.45) is 17.8 Å². The van der Waals surface area contributed by atoms with E-state index in [2.05, 4.69) is 0 Å². The number of carbonyl (C=O) groups is 3. The Labute approximate surface area is 184 Å². The normalized spacial score (nSPS) is 23.7. The fourth-order valence-electron chi connectivity index (χ4n) is 4.10. The molecule has 1 aliphatic heterocycles. The van der Waals surface area contributed by atoms with Gasteiger partial charge in [-0.05, 0) is 57.2 Å². The first-order chi connectivity index (χ1) is 14.5. The summed E-state index contributed by atoms with van der Waals surface area (Å²) in [6.45, 7) is 9.65. The van der Waals surface area contributed by atoms with Crippen LogP contribution in [0.15, 0.2) is 29.8 Å². The molecule has 0 radical (unpaired) electrons. The molecular weight excluding hydrogens is 396 g/mol. The first kappa shape index (κ1) is 24.6. The van der Waals surface area contributed by atoms with Gasteiger partial charge in [-0.15, -0.1) is 0 Å². The van der Waals surface area contributed by atoms with Crippen LogP contribution in [0.4, 0.5) is 0 Å². The molecule has 3 atom stereocenters. The number of Topliss-reactive ketones (excluding diaryl/α,β-unsaturated/α-hetero) is 1. The van der Waals surface area contributed by atoms with E-state index in [1.165, 1.54) is 19.2 Å². The van der Waals surface area contributed by atoms with Gasteiger partial charge in [0, 0.05) is 18.4 Å². The van der Waals surface area contributed by atoms with Crippen LogP contribution in [0.1, 0.15) is 70.7 Å². The van der Waals surface area contributed by atoms with Gasteiger partial charge >= 0.3 is 5.97 Å². The lowest BCUT2D eigenvalue weighted by atomic mass is 9.77. The first-order valence-electron chi connectivity index (χ1n) is 10.8. The number of hydrogen-bond donors (Lipinski definition) is 1. The van der Waals surface area contributed by atoms with E-state index >= 15 is 0 Å². The highest BCUT2D eigenvalue weighted by atomic mass is 16.6. The number of ketones is 2. The van der Waals surface area contributed by atoms with E-state index in [9.17, 15) is 19.5 Å². The molecule has 0 amide bonds. The minimum absolute atomic E-state index is 0.0845. The molecular formula is C25H34O6. The van der Waals surface area contributed by atoms with Crippen molar-refractivity contribution in [2.45, 2.75) is 65.9 Å². The lowest BCUT2D eigenvalue weighted by Crippen LogP contribution is -2.33. The summed E-state index contributed by atoms with van der Waals surface area (Å²) in [7, 11) is 1.47. The van der Waals surface area contributed by atoms with E-state index in [0.29, 0.717) is 24.5 Å². The van der Waals surface area contributed by atoms with Crippen molar-refractivity contribution in [3.8, 4) is 11.5 Å². The molecule has 1 heterocycles. The fourth-order valence-corrected chi connectivity index (χ4v) is 4.10. The molecule has 1 aromatic rings. The molecule has 6 heteroatoms. The van der Waals surface area contributed by atoms with Crippen LogP contribution in [0.2, 0.25) is 0 Å². The van der Waals surface area contributed by atoms with Crippen LogP contribution in [0.25, 0.3) is 0 Å². The average molecular weight is 431 g/mol. The van der Waals surface area contributed by atoms with Crippen molar-refractivity contribution in [3.63, 3.8) is 0 Å². The van der Waals surface area contributed by atoms with Crippen molar-refractivity contribution in [1.82, 2.24) is 0 Å². The van der Waals surface area contributed by atoms with Crippen LogP contribution < -0.4 is 4.74 Å². The molecule has 0 spiro atoms. The van der Waals surface area contributed by atoms with E-state index in [4.69, 9.17) is 9.47 Å². The monoisotopic (exact) mass is 430 g/mol. The van der Waals surface area contributed by atoms with Crippen molar-refractivity contribution >= 4 is 17.5 Å². The molecule has 31 heavy (non-hydrogen) atoms. The Kier molecular flexibility index (Phi) is 8.04. The van der Waals surface area contributed by atoms with Gasteiger partial charge in [0.2, 0.25) is 0 Å². The van der Waals surface area contributed by atoms with Crippen LogP contribution in [-0.4, -0.2) is 35.4 Å². The Morgan fingerprint density at radius 3 is 2.58 bits per heavy atom. The molecule has 0 bridgehead atoms. The second-order valence-corrected chi connectivity index (χ2v) is 9.16. The highest BCUT2D eigenvalue weighted by Gasteiger charge is 2.53. The molecule has 0 saturated carbocycles. The largest absolute Gasteiger partial charge is 0.507 e. The van der Waals surface area contributed by atoms with Crippen LogP contribution in [0.5, 0.6) is 11.5 Å². The zero-order valence-electron chi connectivity index (χ0n) is 19.4. The third-order valence-corrected chi connectivity index (χ3v) is 6.06. The molecule has 1 aliphatic rings. The first-order valence-corrected chi connectivity index (χ1v) is 10.8. The maximum Gasteiger partial charge on any atom is 0.317 e. The summed E-state index contributed by atoms with van der Waals surface area (Å²) in [5, 5.41) is 10.2. The number of aromatic hydroxyl groups is 1. The Morgan fingerprint density at radius 1 is 1.32 bits per heavy atom. The summed E-state index contributed by atoms with van der Waals surface area (Å²) < 4.78 is 10.7. The van der Waals surface area contributed by atoms with Crippen LogP contribution in [0, 0.1) is 17.8 Å². The van der Waals surface area contributed by atoms with Gasteiger partial charge in [0.15, 0.2) is 11.6 Å². The lowest BCUT2D eigenvalue weighted by Gasteiger charge is -2.28. The summed E-state index contributed by atoms with van der Waals surface area (Å²) in [6, 6.07) is 4.40. The van der Waals surface area contributed by atoms with E-state index in [1.807, 2.05) is 34.6 Å². The van der Waals surface area contributed by atoms with Gasteiger partial charge in [-0.2, -0.15) is 0 Å². The molecule has 170 valence electrons. The second-order valence-electron chi connectivity index (χ2n) is 9.16. The number of hydrogen-bond acceptors (Lipinski definition) is 6. The maximum atomic E-state index is 13.0.